The average molecular weight is 417 g/mol. The third-order valence-electron chi connectivity index (χ3n) is 8.06. The zero-order valence-electron chi connectivity index (χ0n) is 18.0. The maximum atomic E-state index is 15.6. The average Bonchev–Trinajstić information content (AvgIpc) is 2.98. The van der Waals surface area contributed by atoms with Crippen LogP contribution in [0.4, 0.5) is 4.39 Å². The molecule has 1 aromatic carbocycles. The van der Waals surface area contributed by atoms with Gasteiger partial charge in [0.2, 0.25) is 0 Å². The summed E-state index contributed by atoms with van der Waals surface area (Å²) in [5, 5.41) is 10.0. The highest BCUT2D eigenvalue weighted by atomic mass is 19.1. The molecule has 0 heterocycles. The second-order valence-electron chi connectivity index (χ2n) is 9.85. The summed E-state index contributed by atoms with van der Waals surface area (Å²) in [6.07, 6.45) is 5.37. The molecule has 1 aromatic rings. The van der Waals surface area contributed by atoms with Gasteiger partial charge in [0.25, 0.3) is 0 Å². The van der Waals surface area contributed by atoms with Crippen LogP contribution in [-0.4, -0.2) is 29.6 Å². The van der Waals surface area contributed by atoms with Gasteiger partial charge in [-0.1, -0.05) is 25.8 Å². The van der Waals surface area contributed by atoms with Crippen molar-refractivity contribution in [3.8, 4) is 5.75 Å². The second kappa shape index (κ2) is 8.32. The standard InChI is InChI=1S/C25H33FO4/c1-15(27)30-11-5-3-4-6-16-12-17-13-18(28)7-8-19(17)24-21(26)14-25(2)20(23(16)24)9-10-22(25)29/h7-8,13,16,20-21,23-24,28H,3-6,9-12,14H2,1-2H3/t16-,20+,21?,23+,24+,25+/m1/s1. The van der Waals surface area contributed by atoms with Crippen molar-refractivity contribution in [3.05, 3.63) is 29.3 Å². The molecule has 5 heteroatoms. The monoisotopic (exact) mass is 416 g/mol. The molecule has 1 N–H and O–H groups in total. The fraction of sp³-hybridized carbons (Fsp3) is 0.680. The zero-order chi connectivity index (χ0) is 21.5. The molecular weight excluding hydrogens is 383 g/mol. The molecule has 0 bridgehead atoms. The van der Waals surface area contributed by atoms with E-state index in [2.05, 4.69) is 0 Å². The maximum Gasteiger partial charge on any atom is 0.302 e. The van der Waals surface area contributed by atoms with Crippen molar-refractivity contribution in [3.63, 3.8) is 0 Å². The topological polar surface area (TPSA) is 63.6 Å². The summed E-state index contributed by atoms with van der Waals surface area (Å²) in [7, 11) is 0. The Kier molecular flexibility index (Phi) is 5.91. The van der Waals surface area contributed by atoms with Crippen molar-refractivity contribution in [1.29, 1.82) is 0 Å². The molecule has 30 heavy (non-hydrogen) atoms. The van der Waals surface area contributed by atoms with Gasteiger partial charge in [-0.2, -0.15) is 0 Å². The van der Waals surface area contributed by atoms with E-state index in [4.69, 9.17) is 4.74 Å². The second-order valence-corrected chi connectivity index (χ2v) is 9.85. The molecule has 4 nitrogen and oxygen atoms in total. The fourth-order valence-electron chi connectivity index (χ4n) is 6.74. The maximum absolute atomic E-state index is 15.6. The molecule has 0 aliphatic heterocycles. The van der Waals surface area contributed by atoms with E-state index >= 15 is 4.39 Å². The summed E-state index contributed by atoms with van der Waals surface area (Å²) in [6.45, 7) is 3.87. The van der Waals surface area contributed by atoms with Crippen molar-refractivity contribution >= 4 is 11.8 Å². The van der Waals surface area contributed by atoms with Crippen LogP contribution >= 0.6 is 0 Å². The third kappa shape index (κ3) is 3.76. The van der Waals surface area contributed by atoms with E-state index in [1.807, 2.05) is 13.0 Å². The van der Waals surface area contributed by atoms with Crippen molar-refractivity contribution in [1.82, 2.24) is 0 Å². The summed E-state index contributed by atoms with van der Waals surface area (Å²) in [4.78, 5) is 23.6. The van der Waals surface area contributed by atoms with Crippen LogP contribution in [0.25, 0.3) is 0 Å². The largest absolute Gasteiger partial charge is 0.508 e. The lowest BCUT2D eigenvalue weighted by molar-refractivity contribution is -0.141. The normalized spacial score (nSPS) is 34.8. The van der Waals surface area contributed by atoms with Crippen molar-refractivity contribution in [2.75, 3.05) is 6.61 Å². The number of Topliss-reactive ketones (excluding diaryl/α,β-unsaturated/α-hetero) is 1. The lowest BCUT2D eigenvalue weighted by atomic mass is 9.51. The molecule has 0 aromatic heterocycles. The Morgan fingerprint density at radius 3 is 2.87 bits per heavy atom. The van der Waals surface area contributed by atoms with Crippen LogP contribution in [-0.2, 0) is 20.7 Å². The Morgan fingerprint density at radius 1 is 1.30 bits per heavy atom. The van der Waals surface area contributed by atoms with Gasteiger partial charge in [-0.3, -0.25) is 9.59 Å². The van der Waals surface area contributed by atoms with E-state index in [0.29, 0.717) is 25.4 Å². The van der Waals surface area contributed by atoms with Gasteiger partial charge in [0, 0.05) is 24.7 Å². The molecule has 0 radical (unpaired) electrons. The highest BCUT2D eigenvalue weighted by molar-refractivity contribution is 5.87. The van der Waals surface area contributed by atoms with E-state index in [-0.39, 0.29) is 35.3 Å². The Labute approximate surface area is 178 Å². The summed E-state index contributed by atoms with van der Waals surface area (Å²) in [5.41, 5.74) is 1.58. The minimum Gasteiger partial charge on any atom is -0.508 e. The van der Waals surface area contributed by atoms with Crippen molar-refractivity contribution in [2.24, 2.45) is 23.2 Å². The first-order chi connectivity index (χ1) is 14.3. The summed E-state index contributed by atoms with van der Waals surface area (Å²) >= 11 is 0. The molecule has 4 rings (SSSR count). The number of aromatic hydroxyl groups is 1. The van der Waals surface area contributed by atoms with Gasteiger partial charge in [-0.15, -0.1) is 0 Å². The Balaban J connectivity index is 1.56. The van der Waals surface area contributed by atoms with E-state index in [1.54, 1.807) is 12.1 Å². The number of hydrogen-bond acceptors (Lipinski definition) is 4. The predicted molar refractivity (Wildman–Crippen MR) is 112 cm³/mol. The van der Waals surface area contributed by atoms with Crippen LogP contribution in [0.3, 0.4) is 0 Å². The Hall–Kier alpha value is -1.91. The molecule has 3 aliphatic carbocycles. The minimum atomic E-state index is -1.02. The van der Waals surface area contributed by atoms with Gasteiger partial charge in [-0.25, -0.2) is 4.39 Å². The lowest BCUT2D eigenvalue weighted by Gasteiger charge is -2.53. The van der Waals surface area contributed by atoms with Crippen molar-refractivity contribution in [2.45, 2.75) is 77.3 Å². The number of phenols is 1. The SMILES string of the molecule is CC(=O)OCCCCC[C@@H]1Cc2cc(O)ccc2[C@H]2C(F)C[C@]3(C)C(=O)CC[C@H]3[C@H]12. The number of fused-ring (bicyclic) bond motifs is 5. The molecule has 0 saturated heterocycles. The molecule has 0 amide bonds. The number of carbonyl (C=O) groups excluding carboxylic acids is 2. The first kappa shape index (κ1) is 21.3. The van der Waals surface area contributed by atoms with Crippen LogP contribution < -0.4 is 0 Å². The Morgan fingerprint density at radius 2 is 2.10 bits per heavy atom. The quantitative estimate of drug-likeness (QED) is 0.517. The first-order valence-electron chi connectivity index (χ1n) is 11.4. The molecule has 1 unspecified atom stereocenters. The molecule has 3 aliphatic rings. The highest BCUT2D eigenvalue weighted by Gasteiger charge is 2.60. The molecule has 6 atom stereocenters. The molecule has 2 saturated carbocycles. The van der Waals surface area contributed by atoms with Gasteiger partial charge in [0.05, 0.1) is 6.61 Å². The highest BCUT2D eigenvalue weighted by Crippen LogP contribution is 2.62. The lowest BCUT2D eigenvalue weighted by Crippen LogP contribution is -2.50. The van der Waals surface area contributed by atoms with Gasteiger partial charge >= 0.3 is 5.97 Å². The van der Waals surface area contributed by atoms with Gasteiger partial charge in [-0.05, 0) is 73.1 Å². The van der Waals surface area contributed by atoms with E-state index < -0.39 is 11.6 Å². The number of carbonyl (C=O) groups is 2. The number of ketones is 1. The number of esters is 1. The number of halogens is 1. The number of phenolic OH excluding ortho intramolecular Hbond substituents is 1. The summed E-state index contributed by atoms with van der Waals surface area (Å²) in [5.74, 6) is 0.787. The smallest absolute Gasteiger partial charge is 0.302 e. The summed E-state index contributed by atoms with van der Waals surface area (Å²) < 4.78 is 20.7. The number of unbranched alkanes of at least 4 members (excludes halogenated alkanes) is 2. The minimum absolute atomic E-state index is 0.177. The summed E-state index contributed by atoms with van der Waals surface area (Å²) in [6, 6.07) is 5.38. The molecule has 2 fully saturated rings. The number of benzene rings is 1. The van der Waals surface area contributed by atoms with Gasteiger partial charge in [0.1, 0.15) is 17.7 Å². The van der Waals surface area contributed by atoms with E-state index in [0.717, 1.165) is 49.7 Å². The number of ether oxygens (including phenoxy) is 1. The predicted octanol–water partition coefficient (Wildman–Crippen LogP) is 5.12. The van der Waals surface area contributed by atoms with Crippen LogP contribution in [0, 0.1) is 23.2 Å². The fourth-order valence-corrected chi connectivity index (χ4v) is 6.74. The molecular formula is C25H33FO4. The van der Waals surface area contributed by atoms with Crippen LogP contribution in [0.5, 0.6) is 5.75 Å². The van der Waals surface area contributed by atoms with E-state index in [9.17, 15) is 14.7 Å². The van der Waals surface area contributed by atoms with Crippen molar-refractivity contribution < 1.29 is 23.8 Å². The first-order valence-corrected chi connectivity index (χ1v) is 11.4. The van der Waals surface area contributed by atoms with Crippen LogP contribution in [0.1, 0.15) is 75.8 Å². The zero-order valence-corrected chi connectivity index (χ0v) is 18.0. The number of hydrogen-bond donors (Lipinski definition) is 1. The molecule has 164 valence electrons. The van der Waals surface area contributed by atoms with Crippen LogP contribution in [0.2, 0.25) is 0 Å². The third-order valence-corrected chi connectivity index (χ3v) is 8.06. The van der Waals surface area contributed by atoms with Gasteiger partial charge < -0.3 is 9.84 Å². The van der Waals surface area contributed by atoms with Crippen LogP contribution in [0.15, 0.2) is 18.2 Å². The number of alkyl halides is 1. The Bertz CT molecular complexity index is 821. The van der Waals surface area contributed by atoms with Gasteiger partial charge in [0.15, 0.2) is 0 Å². The number of rotatable bonds is 6. The molecule has 0 spiro atoms. The van der Waals surface area contributed by atoms with E-state index in [1.165, 1.54) is 6.92 Å².